The van der Waals surface area contributed by atoms with E-state index in [1.165, 1.54) is 11.9 Å². The van der Waals surface area contributed by atoms with Crippen LogP contribution in [0, 0.1) is 13.8 Å². The SMILES string of the molecule is CCNC(CN(C)CC(F)(F)F)c1cc(C)ccc1C. The van der Waals surface area contributed by atoms with Crippen molar-refractivity contribution < 1.29 is 13.2 Å². The van der Waals surface area contributed by atoms with Crippen molar-refractivity contribution in [1.29, 1.82) is 0 Å². The molecule has 0 aliphatic rings. The van der Waals surface area contributed by atoms with Crippen LogP contribution in [-0.2, 0) is 0 Å². The van der Waals surface area contributed by atoms with Gasteiger partial charge in [0.15, 0.2) is 0 Å². The normalized spacial score (nSPS) is 13.8. The molecule has 0 fully saturated rings. The van der Waals surface area contributed by atoms with Gasteiger partial charge in [-0.2, -0.15) is 13.2 Å². The molecule has 1 atom stereocenters. The molecule has 1 unspecified atom stereocenters. The molecular formula is C15H23F3N2. The Balaban J connectivity index is 2.86. The van der Waals surface area contributed by atoms with Crippen LogP contribution in [0.4, 0.5) is 13.2 Å². The van der Waals surface area contributed by atoms with Crippen LogP contribution < -0.4 is 5.32 Å². The van der Waals surface area contributed by atoms with Gasteiger partial charge in [0, 0.05) is 12.6 Å². The van der Waals surface area contributed by atoms with Crippen LogP contribution in [0.3, 0.4) is 0 Å². The van der Waals surface area contributed by atoms with Crippen LogP contribution >= 0.6 is 0 Å². The predicted molar refractivity (Wildman–Crippen MR) is 75.9 cm³/mol. The first-order valence-corrected chi connectivity index (χ1v) is 6.78. The molecule has 0 spiro atoms. The summed E-state index contributed by atoms with van der Waals surface area (Å²) < 4.78 is 37.3. The van der Waals surface area contributed by atoms with Gasteiger partial charge in [-0.25, -0.2) is 0 Å². The minimum Gasteiger partial charge on any atom is -0.309 e. The Bertz CT molecular complexity index is 430. The summed E-state index contributed by atoms with van der Waals surface area (Å²) in [5.41, 5.74) is 3.29. The van der Waals surface area contributed by atoms with Gasteiger partial charge in [0.25, 0.3) is 0 Å². The minimum absolute atomic E-state index is 0.0905. The molecule has 1 aromatic rings. The third-order valence-corrected chi connectivity index (χ3v) is 3.20. The van der Waals surface area contributed by atoms with Crippen LogP contribution in [0.5, 0.6) is 0 Å². The maximum Gasteiger partial charge on any atom is 0.401 e. The molecule has 1 rings (SSSR count). The highest BCUT2D eigenvalue weighted by Crippen LogP contribution is 2.22. The Hall–Kier alpha value is -1.07. The lowest BCUT2D eigenvalue weighted by Gasteiger charge is -2.27. The zero-order chi connectivity index (χ0) is 15.3. The van der Waals surface area contributed by atoms with Gasteiger partial charge in [0.1, 0.15) is 0 Å². The molecule has 0 saturated heterocycles. The Morgan fingerprint density at radius 1 is 1.25 bits per heavy atom. The topological polar surface area (TPSA) is 15.3 Å². The number of hydrogen-bond donors (Lipinski definition) is 1. The number of alkyl halides is 3. The quantitative estimate of drug-likeness (QED) is 0.862. The van der Waals surface area contributed by atoms with Crippen LogP contribution in [0.2, 0.25) is 0 Å². The Labute approximate surface area is 119 Å². The zero-order valence-electron chi connectivity index (χ0n) is 12.5. The number of aryl methyl sites for hydroxylation is 2. The molecule has 114 valence electrons. The lowest BCUT2D eigenvalue weighted by atomic mass is 9.98. The lowest BCUT2D eigenvalue weighted by molar-refractivity contribution is -0.143. The third kappa shape index (κ3) is 5.51. The van der Waals surface area contributed by atoms with Crippen LogP contribution in [-0.4, -0.2) is 37.8 Å². The number of hydrogen-bond acceptors (Lipinski definition) is 2. The number of nitrogens with zero attached hydrogens (tertiary/aromatic N) is 1. The summed E-state index contributed by atoms with van der Waals surface area (Å²) in [7, 11) is 1.50. The molecule has 0 saturated carbocycles. The second-order valence-electron chi connectivity index (χ2n) is 5.28. The smallest absolute Gasteiger partial charge is 0.309 e. The maximum absolute atomic E-state index is 12.4. The summed E-state index contributed by atoms with van der Waals surface area (Å²) in [5.74, 6) is 0. The summed E-state index contributed by atoms with van der Waals surface area (Å²) in [6, 6.07) is 5.98. The average molecular weight is 288 g/mol. The van der Waals surface area contributed by atoms with Crippen LogP contribution in [0.25, 0.3) is 0 Å². The van der Waals surface area contributed by atoms with Crippen molar-refractivity contribution in [3.63, 3.8) is 0 Å². The first-order chi connectivity index (χ1) is 9.23. The van der Waals surface area contributed by atoms with Crippen LogP contribution in [0.15, 0.2) is 18.2 Å². The molecule has 1 N–H and O–H groups in total. The van der Waals surface area contributed by atoms with Gasteiger partial charge in [-0.3, -0.25) is 4.90 Å². The van der Waals surface area contributed by atoms with Gasteiger partial charge >= 0.3 is 6.18 Å². The molecule has 1 aromatic carbocycles. The van der Waals surface area contributed by atoms with Crippen molar-refractivity contribution in [3.05, 3.63) is 34.9 Å². The lowest BCUT2D eigenvalue weighted by Crippen LogP contribution is -2.38. The maximum atomic E-state index is 12.4. The van der Waals surface area contributed by atoms with E-state index in [4.69, 9.17) is 0 Å². The van der Waals surface area contributed by atoms with E-state index in [-0.39, 0.29) is 6.04 Å². The number of halogens is 3. The molecular weight excluding hydrogens is 265 g/mol. The van der Waals surface area contributed by atoms with Gasteiger partial charge in [-0.15, -0.1) is 0 Å². The Morgan fingerprint density at radius 2 is 1.90 bits per heavy atom. The van der Waals surface area contributed by atoms with Gasteiger partial charge in [0.05, 0.1) is 6.54 Å². The number of likely N-dealkylation sites (N-methyl/N-ethyl adjacent to an activating group) is 2. The van der Waals surface area contributed by atoms with Crippen molar-refractivity contribution >= 4 is 0 Å². The molecule has 0 heterocycles. The first-order valence-electron chi connectivity index (χ1n) is 6.78. The highest BCUT2D eigenvalue weighted by atomic mass is 19.4. The van der Waals surface area contributed by atoms with Gasteiger partial charge in [0.2, 0.25) is 0 Å². The molecule has 0 bridgehead atoms. The molecule has 0 aliphatic heterocycles. The number of benzene rings is 1. The highest BCUT2D eigenvalue weighted by Gasteiger charge is 2.30. The number of rotatable bonds is 6. The molecule has 0 amide bonds. The zero-order valence-corrected chi connectivity index (χ0v) is 12.5. The van der Waals surface area contributed by atoms with E-state index in [0.29, 0.717) is 6.54 Å². The summed E-state index contributed by atoms with van der Waals surface area (Å²) in [5, 5.41) is 3.27. The molecule has 0 aliphatic carbocycles. The van der Waals surface area contributed by atoms with Crippen LogP contribution in [0.1, 0.15) is 29.7 Å². The second-order valence-corrected chi connectivity index (χ2v) is 5.28. The fourth-order valence-electron chi connectivity index (χ4n) is 2.34. The van der Waals surface area contributed by atoms with Gasteiger partial charge in [-0.05, 0) is 38.6 Å². The molecule has 0 aromatic heterocycles. The molecule has 5 heteroatoms. The fraction of sp³-hybridized carbons (Fsp3) is 0.600. The van der Waals surface area contributed by atoms with Crippen molar-refractivity contribution in [2.45, 2.75) is 33.0 Å². The van der Waals surface area contributed by atoms with Crippen molar-refractivity contribution in [2.24, 2.45) is 0 Å². The van der Waals surface area contributed by atoms with Crippen molar-refractivity contribution in [2.75, 3.05) is 26.7 Å². The number of nitrogens with one attached hydrogen (secondary N) is 1. The van der Waals surface area contributed by atoms with Gasteiger partial charge in [-0.1, -0.05) is 30.7 Å². The highest BCUT2D eigenvalue weighted by molar-refractivity contribution is 5.33. The Morgan fingerprint density at radius 3 is 2.45 bits per heavy atom. The summed E-state index contributed by atoms with van der Waals surface area (Å²) in [6.07, 6.45) is -4.16. The predicted octanol–water partition coefficient (Wildman–Crippen LogP) is 3.45. The van der Waals surface area contributed by atoms with E-state index in [1.54, 1.807) is 0 Å². The fourth-order valence-corrected chi connectivity index (χ4v) is 2.34. The Kier molecular flexibility index (Phi) is 6.02. The van der Waals surface area contributed by atoms with E-state index >= 15 is 0 Å². The third-order valence-electron chi connectivity index (χ3n) is 3.20. The van der Waals surface area contributed by atoms with E-state index < -0.39 is 12.7 Å². The van der Waals surface area contributed by atoms with Crippen molar-refractivity contribution in [1.82, 2.24) is 10.2 Å². The summed E-state index contributed by atoms with van der Waals surface area (Å²) in [4.78, 5) is 1.31. The van der Waals surface area contributed by atoms with E-state index in [0.717, 1.165) is 23.2 Å². The second kappa shape index (κ2) is 7.09. The molecule has 2 nitrogen and oxygen atoms in total. The minimum atomic E-state index is -4.16. The first kappa shape index (κ1) is 17.0. The van der Waals surface area contributed by atoms with E-state index in [9.17, 15) is 13.2 Å². The van der Waals surface area contributed by atoms with Gasteiger partial charge < -0.3 is 5.32 Å². The monoisotopic (exact) mass is 288 g/mol. The van der Waals surface area contributed by atoms with E-state index in [2.05, 4.69) is 5.32 Å². The van der Waals surface area contributed by atoms with Crippen molar-refractivity contribution in [3.8, 4) is 0 Å². The summed E-state index contributed by atoms with van der Waals surface area (Å²) >= 11 is 0. The molecule has 20 heavy (non-hydrogen) atoms. The average Bonchev–Trinajstić information content (AvgIpc) is 2.29. The largest absolute Gasteiger partial charge is 0.401 e. The van der Waals surface area contributed by atoms with E-state index in [1.807, 2.05) is 39.0 Å². The molecule has 0 radical (unpaired) electrons. The summed E-state index contributed by atoms with van der Waals surface area (Å²) in [6.45, 7) is 6.10. The standard InChI is InChI=1S/C15H23F3N2/c1-5-19-14(9-20(4)10-15(16,17)18)13-8-11(2)6-7-12(13)3/h6-8,14,19H,5,9-10H2,1-4H3.